The van der Waals surface area contributed by atoms with Gasteiger partial charge in [0.25, 0.3) is 0 Å². The van der Waals surface area contributed by atoms with Gasteiger partial charge in [-0.05, 0) is 23.3 Å². The molecule has 6 nitrogen and oxygen atoms in total. The van der Waals surface area contributed by atoms with Crippen molar-refractivity contribution in [2.24, 2.45) is 0 Å². The molecule has 1 aliphatic heterocycles. The lowest BCUT2D eigenvalue weighted by molar-refractivity contribution is -0.159. The zero-order chi connectivity index (χ0) is 21.9. The van der Waals surface area contributed by atoms with Gasteiger partial charge in [0, 0.05) is 49.3 Å². The Hall–Kier alpha value is -2.38. The molecule has 2 aromatic rings. The number of halogens is 2. The van der Waals surface area contributed by atoms with Gasteiger partial charge < -0.3 is 10.2 Å². The van der Waals surface area contributed by atoms with Gasteiger partial charge in [-0.15, -0.1) is 0 Å². The number of aliphatic carboxylic acids is 2. The third-order valence-electron chi connectivity index (χ3n) is 4.53. The Morgan fingerprint density at radius 1 is 0.900 bits per heavy atom. The Morgan fingerprint density at radius 3 is 2.07 bits per heavy atom. The number of piperazine rings is 1. The van der Waals surface area contributed by atoms with Gasteiger partial charge >= 0.3 is 11.9 Å². The quantitative estimate of drug-likeness (QED) is 0.670. The first-order chi connectivity index (χ1) is 14.3. The van der Waals surface area contributed by atoms with Crippen molar-refractivity contribution < 1.29 is 19.8 Å². The van der Waals surface area contributed by atoms with Crippen LogP contribution in [0.5, 0.6) is 0 Å². The predicted molar refractivity (Wildman–Crippen MR) is 119 cm³/mol. The van der Waals surface area contributed by atoms with Gasteiger partial charge in [-0.1, -0.05) is 71.8 Å². The monoisotopic (exact) mass is 450 g/mol. The fourth-order valence-corrected chi connectivity index (χ4v) is 3.39. The second-order valence-corrected chi connectivity index (χ2v) is 7.58. The molecule has 1 fully saturated rings. The van der Waals surface area contributed by atoms with Crippen LogP contribution in [0.1, 0.15) is 11.1 Å². The molecule has 0 amide bonds. The van der Waals surface area contributed by atoms with Crippen LogP contribution in [-0.4, -0.2) is 64.7 Å². The lowest BCUT2D eigenvalue weighted by Gasteiger charge is -2.34. The number of benzene rings is 2. The molecule has 3 rings (SSSR count). The second kappa shape index (κ2) is 12.3. The first-order valence-corrected chi connectivity index (χ1v) is 10.2. The largest absolute Gasteiger partial charge is 0.473 e. The summed E-state index contributed by atoms with van der Waals surface area (Å²) in [5.41, 5.74) is 2.41. The van der Waals surface area contributed by atoms with Crippen molar-refractivity contribution in [3.8, 4) is 0 Å². The molecule has 0 unspecified atom stereocenters. The van der Waals surface area contributed by atoms with Crippen molar-refractivity contribution in [1.82, 2.24) is 9.80 Å². The van der Waals surface area contributed by atoms with Crippen molar-refractivity contribution in [3.05, 3.63) is 75.8 Å². The van der Waals surface area contributed by atoms with Gasteiger partial charge in [0.05, 0.1) is 0 Å². The highest BCUT2D eigenvalue weighted by Crippen LogP contribution is 2.22. The van der Waals surface area contributed by atoms with Crippen LogP contribution in [0.3, 0.4) is 0 Å². The SMILES string of the molecule is Clc1ccc(CN2CCN(C/C=C/c3ccccc3)CC2)c(Cl)c1.O=C(O)C(=O)O. The van der Waals surface area contributed by atoms with E-state index in [1.54, 1.807) is 0 Å². The average molecular weight is 451 g/mol. The summed E-state index contributed by atoms with van der Waals surface area (Å²) in [4.78, 5) is 23.1. The first kappa shape index (κ1) is 23.9. The van der Waals surface area contributed by atoms with Gasteiger partial charge in [-0.2, -0.15) is 0 Å². The van der Waals surface area contributed by atoms with Crippen LogP contribution in [0.2, 0.25) is 10.0 Å². The van der Waals surface area contributed by atoms with Crippen LogP contribution < -0.4 is 0 Å². The third-order valence-corrected chi connectivity index (χ3v) is 5.12. The molecule has 0 saturated carbocycles. The Bertz CT molecular complexity index is 855. The van der Waals surface area contributed by atoms with Crippen LogP contribution in [0, 0.1) is 0 Å². The second-order valence-electron chi connectivity index (χ2n) is 6.74. The molecule has 1 heterocycles. The van der Waals surface area contributed by atoms with Crippen molar-refractivity contribution in [1.29, 1.82) is 0 Å². The molecule has 8 heteroatoms. The highest BCUT2D eigenvalue weighted by molar-refractivity contribution is 6.35. The van der Waals surface area contributed by atoms with Crippen LogP contribution in [0.15, 0.2) is 54.6 Å². The minimum absolute atomic E-state index is 0.693. The van der Waals surface area contributed by atoms with Crippen LogP contribution in [0.4, 0.5) is 0 Å². The van der Waals surface area contributed by atoms with Crippen molar-refractivity contribution in [2.45, 2.75) is 6.54 Å². The molecule has 0 aliphatic carbocycles. The summed E-state index contributed by atoms with van der Waals surface area (Å²) in [5.74, 6) is -3.65. The molecule has 1 saturated heterocycles. The summed E-state index contributed by atoms with van der Waals surface area (Å²) in [6.45, 7) is 6.21. The average Bonchev–Trinajstić information content (AvgIpc) is 2.72. The molecule has 0 bridgehead atoms. The standard InChI is InChI=1S/C20H22Cl2N2.C2H2O4/c21-19-9-8-18(20(22)15-19)16-24-13-11-23(12-14-24)10-4-7-17-5-2-1-3-6-17;3-1(4)2(5)6/h1-9,15H,10-14,16H2;(H,3,4)(H,5,6)/b7-4+;. The van der Waals surface area contributed by atoms with Crippen molar-refractivity contribution in [2.75, 3.05) is 32.7 Å². The zero-order valence-corrected chi connectivity index (χ0v) is 17.9. The van der Waals surface area contributed by atoms with Gasteiger partial charge in [0.15, 0.2) is 0 Å². The minimum atomic E-state index is -1.82. The number of carboxylic acid groups (broad SMARTS) is 2. The first-order valence-electron chi connectivity index (χ1n) is 9.41. The molecule has 1 aliphatic rings. The van der Waals surface area contributed by atoms with E-state index >= 15 is 0 Å². The summed E-state index contributed by atoms with van der Waals surface area (Å²) in [6, 6.07) is 16.2. The molecule has 2 aromatic carbocycles. The Morgan fingerprint density at radius 2 is 1.50 bits per heavy atom. The summed E-state index contributed by atoms with van der Waals surface area (Å²) in [6.07, 6.45) is 4.45. The minimum Gasteiger partial charge on any atom is -0.473 e. The molecule has 0 aromatic heterocycles. The highest BCUT2D eigenvalue weighted by Gasteiger charge is 2.16. The van der Waals surface area contributed by atoms with E-state index in [9.17, 15) is 0 Å². The zero-order valence-electron chi connectivity index (χ0n) is 16.4. The van der Waals surface area contributed by atoms with Gasteiger partial charge in [0.2, 0.25) is 0 Å². The molecule has 160 valence electrons. The van der Waals surface area contributed by atoms with Crippen LogP contribution >= 0.6 is 23.2 Å². The fourth-order valence-electron chi connectivity index (χ4n) is 2.92. The van der Waals surface area contributed by atoms with Crippen molar-refractivity contribution in [3.63, 3.8) is 0 Å². The fraction of sp³-hybridized carbons (Fsp3) is 0.273. The topological polar surface area (TPSA) is 81.1 Å². The summed E-state index contributed by atoms with van der Waals surface area (Å²) >= 11 is 12.2. The normalized spacial score (nSPS) is 14.9. The van der Waals surface area contributed by atoms with E-state index in [0.29, 0.717) is 5.02 Å². The maximum absolute atomic E-state index is 9.10. The van der Waals surface area contributed by atoms with E-state index in [-0.39, 0.29) is 0 Å². The Balaban J connectivity index is 0.000000469. The summed E-state index contributed by atoms with van der Waals surface area (Å²) in [5, 5.41) is 16.2. The third kappa shape index (κ3) is 8.55. The Labute approximate surface area is 185 Å². The maximum atomic E-state index is 9.10. The number of carboxylic acids is 2. The van der Waals surface area contributed by atoms with E-state index in [1.165, 1.54) is 5.56 Å². The van der Waals surface area contributed by atoms with Gasteiger partial charge in [-0.3, -0.25) is 9.80 Å². The number of carbonyl (C=O) groups is 2. The van der Waals surface area contributed by atoms with Crippen molar-refractivity contribution >= 4 is 41.2 Å². The molecular formula is C22H24Cl2N2O4. The van der Waals surface area contributed by atoms with E-state index in [0.717, 1.165) is 49.9 Å². The lowest BCUT2D eigenvalue weighted by Crippen LogP contribution is -2.45. The van der Waals surface area contributed by atoms with Crippen LogP contribution in [0.25, 0.3) is 6.08 Å². The van der Waals surface area contributed by atoms with E-state index in [2.05, 4.69) is 46.2 Å². The molecule has 0 atom stereocenters. The highest BCUT2D eigenvalue weighted by atomic mass is 35.5. The molecular weight excluding hydrogens is 427 g/mol. The summed E-state index contributed by atoms with van der Waals surface area (Å²) in [7, 11) is 0. The number of rotatable bonds is 5. The lowest BCUT2D eigenvalue weighted by atomic mass is 10.2. The number of hydrogen-bond acceptors (Lipinski definition) is 4. The van der Waals surface area contributed by atoms with E-state index in [1.807, 2.05) is 24.3 Å². The Kier molecular flexibility index (Phi) is 9.83. The van der Waals surface area contributed by atoms with E-state index < -0.39 is 11.9 Å². The number of hydrogen-bond donors (Lipinski definition) is 2. The molecule has 2 N–H and O–H groups in total. The molecule has 30 heavy (non-hydrogen) atoms. The molecule has 0 radical (unpaired) electrons. The predicted octanol–water partition coefficient (Wildman–Crippen LogP) is 3.98. The molecule has 0 spiro atoms. The van der Waals surface area contributed by atoms with Gasteiger partial charge in [0.1, 0.15) is 0 Å². The smallest absolute Gasteiger partial charge is 0.414 e. The van der Waals surface area contributed by atoms with Crippen LogP contribution in [-0.2, 0) is 16.1 Å². The maximum Gasteiger partial charge on any atom is 0.414 e. The summed E-state index contributed by atoms with van der Waals surface area (Å²) < 4.78 is 0. The number of nitrogens with zero attached hydrogens (tertiary/aromatic N) is 2. The van der Waals surface area contributed by atoms with Gasteiger partial charge in [-0.25, -0.2) is 9.59 Å². The van der Waals surface area contributed by atoms with E-state index in [4.69, 9.17) is 43.0 Å².